The molecule has 0 aromatic carbocycles. The molecule has 0 aromatic rings. The van der Waals surface area contributed by atoms with Crippen LogP contribution in [0.15, 0.2) is 36.0 Å². The number of hydrogen-bond donors (Lipinski definition) is 0. The van der Waals surface area contributed by atoms with Crippen LogP contribution in [0.2, 0.25) is 0 Å². The molecule has 2 nitrogen and oxygen atoms in total. The van der Waals surface area contributed by atoms with E-state index in [1.54, 1.807) is 0 Å². The zero-order chi connectivity index (χ0) is 11.8. The molecule has 16 heavy (non-hydrogen) atoms. The Morgan fingerprint density at radius 3 is 2.12 bits per heavy atom. The molecule has 0 bridgehead atoms. The smallest absolute Gasteiger partial charge is 0.545 e. The minimum absolute atomic E-state index is 0. The number of carbonyl (C=O) groups is 1. The van der Waals surface area contributed by atoms with E-state index in [1.807, 2.05) is 19.1 Å². The van der Waals surface area contributed by atoms with Gasteiger partial charge in [0.15, 0.2) is 0 Å². The molecular weight excluding hydrogens is 211 g/mol. The van der Waals surface area contributed by atoms with Gasteiger partial charge in [-0.15, -0.1) is 0 Å². The van der Waals surface area contributed by atoms with Crippen molar-refractivity contribution in [2.45, 2.75) is 33.6 Å². The summed E-state index contributed by atoms with van der Waals surface area (Å²) in [4.78, 5) is 10.4. The third-order valence-electron chi connectivity index (χ3n) is 2.53. The van der Waals surface area contributed by atoms with E-state index in [1.165, 1.54) is 6.08 Å². The normalized spacial score (nSPS) is 11.6. The number of carbonyl (C=O) groups excluding carboxylic acids is 1. The predicted octanol–water partition coefficient (Wildman–Crippen LogP) is -0.765. The van der Waals surface area contributed by atoms with Crippen LogP contribution in [0.25, 0.3) is 0 Å². The van der Waals surface area contributed by atoms with Gasteiger partial charge in [-0.3, -0.25) is 0 Å². The fraction of sp³-hybridized carbons (Fsp3) is 0.462. The summed E-state index contributed by atoms with van der Waals surface area (Å²) in [6.07, 6.45) is 7.44. The molecule has 0 aliphatic carbocycles. The van der Waals surface area contributed by atoms with Gasteiger partial charge in [0.25, 0.3) is 0 Å². The number of aliphatic carboxylic acids is 1. The monoisotopic (exact) mass is 230 g/mol. The molecule has 0 aliphatic heterocycles. The average molecular weight is 230 g/mol. The summed E-state index contributed by atoms with van der Waals surface area (Å²) in [5.74, 6) is -0.730. The molecule has 0 radical (unpaired) electrons. The van der Waals surface area contributed by atoms with E-state index in [2.05, 4.69) is 20.4 Å². The molecule has 0 aromatic heterocycles. The van der Waals surface area contributed by atoms with E-state index in [9.17, 15) is 9.90 Å². The van der Waals surface area contributed by atoms with Crippen LogP contribution in [0.5, 0.6) is 0 Å². The van der Waals surface area contributed by atoms with Crippen LogP contribution < -0.4 is 34.7 Å². The Kier molecular flexibility index (Phi) is 11.2. The molecule has 84 valence electrons. The number of allylic oxidation sites excluding steroid dienone is 3. The first kappa shape index (κ1) is 18.1. The number of carboxylic acid groups (broad SMARTS) is 1. The maximum atomic E-state index is 10.4. The van der Waals surface area contributed by atoms with Gasteiger partial charge in [-0.05, 0) is 36.8 Å². The van der Waals surface area contributed by atoms with Gasteiger partial charge < -0.3 is 9.90 Å². The van der Waals surface area contributed by atoms with Crippen LogP contribution >= 0.6 is 0 Å². The Morgan fingerprint density at radius 1 is 1.31 bits per heavy atom. The molecule has 0 amide bonds. The molecule has 0 saturated heterocycles. The molecule has 0 fully saturated rings. The van der Waals surface area contributed by atoms with Crippen molar-refractivity contribution < 1.29 is 39.5 Å². The summed E-state index contributed by atoms with van der Waals surface area (Å²) >= 11 is 0. The Bertz CT molecular complexity index is 286. The SMILES string of the molecule is C=C(/C=C\C(=C/C)C(CC)CC)C(=O)[O-].[Na+]. The van der Waals surface area contributed by atoms with Crippen molar-refractivity contribution in [1.29, 1.82) is 0 Å². The second kappa shape index (κ2) is 9.88. The number of rotatable bonds is 6. The van der Waals surface area contributed by atoms with Gasteiger partial charge in [0.1, 0.15) is 0 Å². The third kappa shape index (κ3) is 6.31. The first-order valence-corrected chi connectivity index (χ1v) is 5.31. The minimum atomic E-state index is -1.22. The van der Waals surface area contributed by atoms with Gasteiger partial charge >= 0.3 is 29.6 Å². The minimum Gasteiger partial charge on any atom is -0.545 e. The van der Waals surface area contributed by atoms with Crippen molar-refractivity contribution in [3.63, 3.8) is 0 Å². The van der Waals surface area contributed by atoms with Crippen molar-refractivity contribution in [3.05, 3.63) is 36.0 Å². The Balaban J connectivity index is 0. The van der Waals surface area contributed by atoms with Gasteiger partial charge in [0.2, 0.25) is 0 Å². The van der Waals surface area contributed by atoms with Gasteiger partial charge in [0.05, 0.1) is 5.97 Å². The van der Waals surface area contributed by atoms with E-state index >= 15 is 0 Å². The first-order valence-electron chi connectivity index (χ1n) is 5.31. The number of carboxylic acids is 1. The van der Waals surface area contributed by atoms with E-state index in [-0.39, 0.29) is 35.1 Å². The van der Waals surface area contributed by atoms with Crippen molar-refractivity contribution in [2.24, 2.45) is 5.92 Å². The van der Waals surface area contributed by atoms with E-state index in [4.69, 9.17) is 0 Å². The summed E-state index contributed by atoms with van der Waals surface area (Å²) < 4.78 is 0. The fourth-order valence-electron chi connectivity index (χ4n) is 1.49. The van der Waals surface area contributed by atoms with Crippen LogP contribution in [0.1, 0.15) is 33.6 Å². The van der Waals surface area contributed by atoms with Crippen molar-refractivity contribution in [3.8, 4) is 0 Å². The van der Waals surface area contributed by atoms with E-state index in [0.717, 1.165) is 18.4 Å². The maximum Gasteiger partial charge on any atom is 1.00 e. The Hall–Kier alpha value is -0.310. The van der Waals surface area contributed by atoms with Gasteiger partial charge in [-0.1, -0.05) is 38.7 Å². The Morgan fingerprint density at radius 2 is 1.81 bits per heavy atom. The second-order valence-corrected chi connectivity index (χ2v) is 3.45. The van der Waals surface area contributed by atoms with Crippen LogP contribution in [0.4, 0.5) is 0 Å². The summed E-state index contributed by atoms with van der Waals surface area (Å²) in [7, 11) is 0. The standard InChI is InChI=1S/C13H20O2.Na/c1-5-11(6-2)12(7-3)9-8-10(4)13(14)15;/h7-9,11H,4-6H2,1-3H3,(H,14,15);/q;+1/p-1/b9-8-,12-7+;. The summed E-state index contributed by atoms with van der Waals surface area (Å²) in [6, 6.07) is 0. The van der Waals surface area contributed by atoms with Crippen LogP contribution in [-0.4, -0.2) is 5.97 Å². The van der Waals surface area contributed by atoms with Crippen molar-refractivity contribution >= 4 is 5.97 Å². The molecule has 0 aliphatic rings. The molecule has 0 heterocycles. The summed E-state index contributed by atoms with van der Waals surface area (Å²) in [5.41, 5.74) is 1.17. The van der Waals surface area contributed by atoms with Crippen molar-refractivity contribution in [1.82, 2.24) is 0 Å². The van der Waals surface area contributed by atoms with Crippen molar-refractivity contribution in [2.75, 3.05) is 0 Å². The maximum absolute atomic E-state index is 10.4. The van der Waals surface area contributed by atoms with Crippen LogP contribution in [0, 0.1) is 5.92 Å². The second-order valence-electron chi connectivity index (χ2n) is 3.45. The Labute approximate surface area is 120 Å². The molecular formula is C13H19NaO2. The third-order valence-corrected chi connectivity index (χ3v) is 2.53. The zero-order valence-electron chi connectivity index (χ0n) is 10.7. The molecule has 3 heteroatoms. The summed E-state index contributed by atoms with van der Waals surface area (Å²) in [5, 5.41) is 10.4. The summed E-state index contributed by atoms with van der Waals surface area (Å²) in [6.45, 7) is 9.60. The van der Waals surface area contributed by atoms with Gasteiger partial charge in [0, 0.05) is 0 Å². The molecule has 0 saturated carbocycles. The molecule has 0 spiro atoms. The van der Waals surface area contributed by atoms with E-state index in [0.29, 0.717) is 5.92 Å². The predicted molar refractivity (Wildman–Crippen MR) is 61.1 cm³/mol. The average Bonchev–Trinajstić information content (AvgIpc) is 2.23. The topological polar surface area (TPSA) is 40.1 Å². The molecule has 0 N–H and O–H groups in total. The molecule has 0 unspecified atom stereocenters. The van der Waals surface area contributed by atoms with Gasteiger partial charge in [-0.2, -0.15) is 0 Å². The first-order chi connectivity index (χ1) is 7.06. The van der Waals surface area contributed by atoms with E-state index < -0.39 is 5.97 Å². The van der Waals surface area contributed by atoms with Crippen LogP contribution in [-0.2, 0) is 4.79 Å². The number of hydrogen-bond acceptors (Lipinski definition) is 2. The van der Waals surface area contributed by atoms with Gasteiger partial charge in [-0.25, -0.2) is 0 Å². The quantitative estimate of drug-likeness (QED) is 0.342. The zero-order valence-corrected chi connectivity index (χ0v) is 12.7. The fourth-order valence-corrected chi connectivity index (χ4v) is 1.49. The molecule has 0 rings (SSSR count). The van der Waals surface area contributed by atoms with Crippen LogP contribution in [0.3, 0.4) is 0 Å². The molecule has 0 atom stereocenters. The largest absolute Gasteiger partial charge is 1.00 e.